The summed E-state index contributed by atoms with van der Waals surface area (Å²) in [6.45, 7) is 5.54. The van der Waals surface area contributed by atoms with Gasteiger partial charge in [-0.05, 0) is 58.6 Å². The number of nitrogens with two attached hydrogens (primary N) is 1. The second-order valence-corrected chi connectivity index (χ2v) is 9.36. The van der Waals surface area contributed by atoms with Crippen molar-refractivity contribution in [3.63, 3.8) is 0 Å². The van der Waals surface area contributed by atoms with E-state index in [1.165, 1.54) is 0 Å². The van der Waals surface area contributed by atoms with Crippen LogP contribution in [0.1, 0.15) is 58.3 Å². The summed E-state index contributed by atoms with van der Waals surface area (Å²) in [7, 11) is 1.85. The number of hydrogen-bond donors (Lipinski definition) is 2. The highest BCUT2D eigenvalue weighted by Gasteiger charge is 2.29. The minimum absolute atomic E-state index is 0.0629. The Labute approximate surface area is 198 Å². The first-order valence-electron chi connectivity index (χ1n) is 11.3. The summed E-state index contributed by atoms with van der Waals surface area (Å²) in [5.74, 6) is 1.60. The van der Waals surface area contributed by atoms with Gasteiger partial charge in [-0.25, -0.2) is 4.79 Å². The van der Waals surface area contributed by atoms with E-state index in [0.717, 1.165) is 31.4 Å². The van der Waals surface area contributed by atoms with Crippen LogP contribution in [-0.2, 0) is 4.74 Å². The maximum absolute atomic E-state index is 12.0. The Balaban J connectivity index is 1.41. The smallest absolute Gasteiger partial charge is 0.407 e. The molecule has 11 nitrogen and oxygen atoms in total. The molecule has 11 heteroatoms. The standard InChI is InChI=1S/C23H30N8O3/c1-23(2,3)33-22(32)25-15-12-10-14(11-13-15)19-26-18(30-34-19)17-27-20(24)29-21(28-17)31(4)16-8-6-5-7-9-16/h5-9,14-15H,10-13H2,1-4H3,(H,25,32)(H2,24,27,28,29). The van der Waals surface area contributed by atoms with Gasteiger partial charge in [0.1, 0.15) is 5.60 Å². The van der Waals surface area contributed by atoms with Crippen molar-refractivity contribution in [2.45, 2.75) is 64.0 Å². The van der Waals surface area contributed by atoms with E-state index >= 15 is 0 Å². The van der Waals surface area contributed by atoms with E-state index in [1.54, 1.807) is 0 Å². The number of nitrogens with one attached hydrogen (secondary N) is 1. The zero-order valence-corrected chi connectivity index (χ0v) is 19.9. The topological polar surface area (TPSA) is 145 Å². The van der Waals surface area contributed by atoms with Crippen molar-refractivity contribution < 1.29 is 14.1 Å². The van der Waals surface area contributed by atoms with Crippen LogP contribution in [-0.4, -0.2) is 49.9 Å². The van der Waals surface area contributed by atoms with Crippen LogP contribution in [0.4, 0.5) is 22.4 Å². The SMILES string of the molecule is CN(c1ccccc1)c1nc(N)nc(-c2noc(C3CCC(NC(=O)OC(C)(C)C)CC3)n2)n1. The van der Waals surface area contributed by atoms with Gasteiger partial charge < -0.3 is 25.2 Å². The summed E-state index contributed by atoms with van der Waals surface area (Å²) in [5, 5.41) is 7.02. The Kier molecular flexibility index (Phi) is 6.62. The summed E-state index contributed by atoms with van der Waals surface area (Å²) in [6.07, 6.45) is 2.82. The van der Waals surface area contributed by atoms with Crippen LogP contribution in [0, 0.1) is 0 Å². The van der Waals surface area contributed by atoms with Gasteiger partial charge in [0, 0.05) is 24.7 Å². The number of ether oxygens (including phenoxy) is 1. The van der Waals surface area contributed by atoms with Crippen LogP contribution in [0.15, 0.2) is 34.9 Å². The first kappa shape index (κ1) is 23.4. The molecule has 1 aliphatic rings. The van der Waals surface area contributed by atoms with Crippen LogP contribution < -0.4 is 16.0 Å². The lowest BCUT2D eigenvalue weighted by molar-refractivity contribution is 0.0490. The van der Waals surface area contributed by atoms with Gasteiger partial charge in [0.15, 0.2) is 0 Å². The molecule has 1 aliphatic carbocycles. The molecule has 2 heterocycles. The Hall–Kier alpha value is -3.76. The zero-order valence-electron chi connectivity index (χ0n) is 19.9. The first-order chi connectivity index (χ1) is 16.2. The third-order valence-electron chi connectivity index (χ3n) is 5.52. The molecular weight excluding hydrogens is 436 g/mol. The lowest BCUT2D eigenvalue weighted by Gasteiger charge is -2.28. The lowest BCUT2D eigenvalue weighted by Crippen LogP contribution is -2.40. The average Bonchev–Trinajstić information content (AvgIpc) is 3.28. The fourth-order valence-corrected chi connectivity index (χ4v) is 3.85. The number of benzene rings is 1. The van der Waals surface area contributed by atoms with Crippen molar-refractivity contribution in [2.75, 3.05) is 17.7 Å². The molecule has 3 aromatic rings. The van der Waals surface area contributed by atoms with Gasteiger partial charge in [-0.2, -0.15) is 19.9 Å². The number of carbonyl (C=O) groups excluding carboxylic acids is 1. The average molecular weight is 467 g/mol. The van der Waals surface area contributed by atoms with Gasteiger partial charge in [-0.1, -0.05) is 23.4 Å². The number of amides is 1. The monoisotopic (exact) mass is 466 g/mol. The Bertz CT molecular complexity index is 1120. The maximum Gasteiger partial charge on any atom is 0.407 e. The highest BCUT2D eigenvalue weighted by molar-refractivity contribution is 5.68. The molecule has 1 saturated carbocycles. The molecule has 0 spiro atoms. The van der Waals surface area contributed by atoms with Gasteiger partial charge in [-0.15, -0.1) is 0 Å². The van der Waals surface area contributed by atoms with E-state index in [0.29, 0.717) is 11.8 Å². The van der Waals surface area contributed by atoms with Gasteiger partial charge in [0.25, 0.3) is 0 Å². The van der Waals surface area contributed by atoms with Crippen molar-refractivity contribution in [3.05, 3.63) is 36.2 Å². The molecule has 0 aliphatic heterocycles. The number of nitrogen functional groups attached to an aromatic ring is 1. The summed E-state index contributed by atoms with van der Waals surface area (Å²) < 4.78 is 10.9. The molecule has 180 valence electrons. The van der Waals surface area contributed by atoms with Crippen LogP contribution in [0.25, 0.3) is 11.6 Å². The molecule has 3 N–H and O–H groups in total. The van der Waals surface area contributed by atoms with Crippen LogP contribution >= 0.6 is 0 Å². The summed E-state index contributed by atoms with van der Waals surface area (Å²) in [5.41, 5.74) is 6.32. The molecule has 0 atom stereocenters. The zero-order chi connectivity index (χ0) is 24.3. The van der Waals surface area contributed by atoms with Crippen LogP contribution in [0.2, 0.25) is 0 Å². The molecule has 1 fully saturated rings. The largest absolute Gasteiger partial charge is 0.444 e. The lowest BCUT2D eigenvalue weighted by atomic mass is 9.86. The molecule has 4 rings (SSSR count). The summed E-state index contributed by atoms with van der Waals surface area (Å²) in [4.78, 5) is 31.3. The third-order valence-corrected chi connectivity index (χ3v) is 5.52. The number of hydrogen-bond acceptors (Lipinski definition) is 10. The Morgan fingerprint density at radius 3 is 2.44 bits per heavy atom. The van der Waals surface area contributed by atoms with Gasteiger partial charge in [0.2, 0.25) is 29.4 Å². The van der Waals surface area contributed by atoms with Crippen molar-refractivity contribution in [1.29, 1.82) is 0 Å². The molecule has 2 aromatic heterocycles. The van der Waals surface area contributed by atoms with Crippen LogP contribution in [0.5, 0.6) is 0 Å². The molecule has 34 heavy (non-hydrogen) atoms. The number of para-hydroxylation sites is 1. The predicted molar refractivity (Wildman–Crippen MR) is 126 cm³/mol. The molecule has 0 bridgehead atoms. The van der Waals surface area contributed by atoms with Crippen molar-refractivity contribution in [1.82, 2.24) is 30.4 Å². The number of aromatic nitrogens is 5. The highest BCUT2D eigenvalue weighted by atomic mass is 16.6. The summed E-state index contributed by atoms with van der Waals surface area (Å²) >= 11 is 0. The van der Waals surface area contributed by atoms with Gasteiger partial charge in [-0.3, -0.25) is 0 Å². The van der Waals surface area contributed by atoms with Gasteiger partial charge in [0.05, 0.1) is 0 Å². The number of nitrogens with zero attached hydrogens (tertiary/aromatic N) is 6. The fourth-order valence-electron chi connectivity index (χ4n) is 3.85. The van der Waals surface area contributed by atoms with Crippen molar-refractivity contribution in [2.24, 2.45) is 0 Å². The van der Waals surface area contributed by atoms with Crippen molar-refractivity contribution >= 4 is 23.7 Å². The van der Waals surface area contributed by atoms with Crippen molar-refractivity contribution in [3.8, 4) is 11.6 Å². The second-order valence-electron chi connectivity index (χ2n) is 9.36. The molecule has 0 unspecified atom stereocenters. The number of anilines is 3. The maximum atomic E-state index is 12.0. The minimum atomic E-state index is -0.518. The Morgan fingerprint density at radius 2 is 1.76 bits per heavy atom. The molecule has 0 radical (unpaired) electrons. The minimum Gasteiger partial charge on any atom is -0.444 e. The van der Waals surface area contributed by atoms with Crippen LogP contribution in [0.3, 0.4) is 0 Å². The van der Waals surface area contributed by atoms with E-state index in [-0.39, 0.29) is 35.7 Å². The van der Waals surface area contributed by atoms with Gasteiger partial charge >= 0.3 is 6.09 Å². The number of carbonyl (C=O) groups is 1. The summed E-state index contributed by atoms with van der Waals surface area (Å²) in [6, 6.07) is 9.75. The Morgan fingerprint density at radius 1 is 1.06 bits per heavy atom. The predicted octanol–water partition coefficient (Wildman–Crippen LogP) is 3.82. The van der Waals surface area contributed by atoms with E-state index in [2.05, 4.69) is 30.4 Å². The van der Waals surface area contributed by atoms with E-state index in [9.17, 15) is 4.79 Å². The quantitative estimate of drug-likeness (QED) is 0.569. The van der Waals surface area contributed by atoms with E-state index in [1.807, 2.05) is 63.1 Å². The van der Waals surface area contributed by atoms with E-state index in [4.69, 9.17) is 15.0 Å². The third kappa shape index (κ3) is 5.77. The molecular formula is C23H30N8O3. The molecule has 0 saturated heterocycles. The second kappa shape index (κ2) is 9.62. The highest BCUT2D eigenvalue weighted by Crippen LogP contribution is 2.33. The molecule has 1 amide bonds. The number of alkyl carbamates (subject to hydrolysis) is 1. The fraction of sp³-hybridized carbons (Fsp3) is 0.478. The normalized spacial score (nSPS) is 18.4. The molecule has 1 aromatic carbocycles. The number of rotatable bonds is 5. The first-order valence-corrected chi connectivity index (χ1v) is 11.3. The van der Waals surface area contributed by atoms with E-state index < -0.39 is 5.60 Å².